The predicted octanol–water partition coefficient (Wildman–Crippen LogP) is 3.06. The highest BCUT2D eigenvalue weighted by atomic mass is 19.1. The maximum atomic E-state index is 12.9. The fourth-order valence-corrected chi connectivity index (χ4v) is 1.44. The van der Waals surface area contributed by atoms with Crippen molar-refractivity contribution in [2.24, 2.45) is 0 Å². The number of benzene rings is 1. The maximum Gasteiger partial charge on any atom is 0.126 e. The topological polar surface area (TPSA) is 29.5 Å². The molecule has 0 bridgehead atoms. The van der Waals surface area contributed by atoms with E-state index in [0.29, 0.717) is 17.9 Å². The molecule has 0 spiro atoms. The number of aliphatic hydroxyl groups excluding tert-OH is 1. The Hall–Kier alpha value is -1.09. The molecule has 3 heteroatoms. The van der Waals surface area contributed by atoms with Gasteiger partial charge in [-0.15, -0.1) is 0 Å². The summed E-state index contributed by atoms with van der Waals surface area (Å²) in [5.41, 5.74) is 0.599. The Labute approximate surface area is 96.1 Å². The lowest BCUT2D eigenvalue weighted by Crippen LogP contribution is -2.02. The Morgan fingerprint density at radius 3 is 2.75 bits per heavy atom. The molecular formula is C13H19FO2. The minimum absolute atomic E-state index is 0.207. The average Bonchev–Trinajstić information content (AvgIpc) is 2.22. The first-order valence-electron chi connectivity index (χ1n) is 5.66. The van der Waals surface area contributed by atoms with E-state index >= 15 is 0 Å². The molecule has 0 saturated heterocycles. The summed E-state index contributed by atoms with van der Waals surface area (Å²) in [6.45, 7) is 4.11. The van der Waals surface area contributed by atoms with E-state index in [2.05, 4.69) is 0 Å². The van der Waals surface area contributed by atoms with Gasteiger partial charge < -0.3 is 9.84 Å². The number of hydrogen-bond donors (Lipinski definition) is 1. The Kier molecular flexibility index (Phi) is 5.26. The third-order valence-electron chi connectivity index (χ3n) is 2.41. The minimum Gasteiger partial charge on any atom is -0.494 e. The van der Waals surface area contributed by atoms with Gasteiger partial charge in [0, 0.05) is 0 Å². The summed E-state index contributed by atoms with van der Waals surface area (Å²) in [5, 5.41) is 9.05. The lowest BCUT2D eigenvalue weighted by Gasteiger charge is -2.08. The smallest absolute Gasteiger partial charge is 0.126 e. The number of ether oxygens (including phenoxy) is 1. The molecule has 1 aromatic carbocycles. The molecule has 1 rings (SSSR count). The van der Waals surface area contributed by atoms with Crippen molar-refractivity contribution in [3.63, 3.8) is 0 Å². The fourth-order valence-electron chi connectivity index (χ4n) is 1.44. The molecule has 0 aliphatic heterocycles. The zero-order valence-electron chi connectivity index (χ0n) is 9.87. The van der Waals surface area contributed by atoms with Crippen molar-refractivity contribution in [1.29, 1.82) is 0 Å². The van der Waals surface area contributed by atoms with Crippen LogP contribution in [0, 0.1) is 12.7 Å². The normalized spacial score (nSPS) is 12.5. The van der Waals surface area contributed by atoms with Gasteiger partial charge in [-0.25, -0.2) is 4.39 Å². The van der Waals surface area contributed by atoms with Gasteiger partial charge in [-0.05, 0) is 56.9 Å². The van der Waals surface area contributed by atoms with E-state index in [1.807, 2.05) is 0 Å². The van der Waals surface area contributed by atoms with Crippen LogP contribution in [-0.4, -0.2) is 17.8 Å². The Morgan fingerprint density at radius 1 is 1.38 bits per heavy atom. The van der Waals surface area contributed by atoms with Crippen LogP contribution in [0.15, 0.2) is 18.2 Å². The molecule has 0 aliphatic rings. The summed E-state index contributed by atoms with van der Waals surface area (Å²) < 4.78 is 18.4. The first kappa shape index (κ1) is 13.0. The summed E-state index contributed by atoms with van der Waals surface area (Å²) in [5.74, 6) is 0.498. The van der Waals surface area contributed by atoms with Crippen LogP contribution in [0.5, 0.6) is 5.75 Å². The second-order valence-corrected chi connectivity index (χ2v) is 4.10. The number of rotatable bonds is 6. The first-order valence-corrected chi connectivity index (χ1v) is 5.66. The molecule has 1 aromatic rings. The van der Waals surface area contributed by atoms with Crippen LogP contribution in [0.25, 0.3) is 0 Å². The summed E-state index contributed by atoms with van der Waals surface area (Å²) in [6, 6.07) is 4.75. The average molecular weight is 226 g/mol. The van der Waals surface area contributed by atoms with Gasteiger partial charge in [0.15, 0.2) is 0 Å². The van der Waals surface area contributed by atoms with E-state index in [0.717, 1.165) is 19.3 Å². The highest BCUT2D eigenvalue weighted by molar-refractivity contribution is 5.28. The van der Waals surface area contributed by atoms with Gasteiger partial charge in [0.25, 0.3) is 0 Å². The van der Waals surface area contributed by atoms with Crippen molar-refractivity contribution in [3.05, 3.63) is 29.6 Å². The van der Waals surface area contributed by atoms with Crippen LogP contribution in [0.4, 0.5) is 4.39 Å². The van der Waals surface area contributed by atoms with Gasteiger partial charge >= 0.3 is 0 Å². The van der Waals surface area contributed by atoms with Gasteiger partial charge in [-0.2, -0.15) is 0 Å². The van der Waals surface area contributed by atoms with Crippen molar-refractivity contribution >= 4 is 0 Å². The quantitative estimate of drug-likeness (QED) is 0.755. The maximum absolute atomic E-state index is 12.9. The Morgan fingerprint density at radius 2 is 2.12 bits per heavy atom. The molecule has 90 valence electrons. The highest BCUT2D eigenvalue weighted by Gasteiger charge is 2.00. The van der Waals surface area contributed by atoms with Crippen molar-refractivity contribution in [2.75, 3.05) is 6.61 Å². The molecule has 0 fully saturated rings. The van der Waals surface area contributed by atoms with Gasteiger partial charge in [0.2, 0.25) is 0 Å². The molecule has 0 aliphatic carbocycles. The van der Waals surface area contributed by atoms with Gasteiger partial charge in [-0.3, -0.25) is 0 Å². The van der Waals surface area contributed by atoms with Crippen molar-refractivity contribution in [2.45, 2.75) is 39.2 Å². The molecule has 0 aromatic heterocycles. The molecule has 1 N–H and O–H groups in total. The SMILES string of the molecule is Cc1cc(OCCCCC(C)O)ccc1F. The third-order valence-corrected chi connectivity index (χ3v) is 2.41. The second kappa shape index (κ2) is 6.48. The molecule has 2 nitrogen and oxygen atoms in total. The zero-order chi connectivity index (χ0) is 12.0. The summed E-state index contributed by atoms with van der Waals surface area (Å²) in [4.78, 5) is 0. The molecular weight excluding hydrogens is 207 g/mol. The lowest BCUT2D eigenvalue weighted by molar-refractivity contribution is 0.177. The van der Waals surface area contributed by atoms with Gasteiger partial charge in [0.05, 0.1) is 12.7 Å². The summed E-state index contributed by atoms with van der Waals surface area (Å²) >= 11 is 0. The van der Waals surface area contributed by atoms with E-state index in [4.69, 9.17) is 9.84 Å². The molecule has 16 heavy (non-hydrogen) atoms. The molecule has 0 heterocycles. The van der Waals surface area contributed by atoms with E-state index in [1.165, 1.54) is 6.07 Å². The van der Waals surface area contributed by atoms with E-state index in [9.17, 15) is 4.39 Å². The van der Waals surface area contributed by atoms with Gasteiger partial charge in [0.1, 0.15) is 11.6 Å². The van der Waals surface area contributed by atoms with Gasteiger partial charge in [-0.1, -0.05) is 0 Å². The van der Waals surface area contributed by atoms with E-state index < -0.39 is 0 Å². The predicted molar refractivity (Wildman–Crippen MR) is 62.2 cm³/mol. The van der Waals surface area contributed by atoms with E-state index in [-0.39, 0.29) is 11.9 Å². The van der Waals surface area contributed by atoms with Crippen molar-refractivity contribution < 1.29 is 14.2 Å². The Balaban J connectivity index is 2.24. The van der Waals surface area contributed by atoms with Crippen LogP contribution < -0.4 is 4.74 Å². The second-order valence-electron chi connectivity index (χ2n) is 4.10. The monoisotopic (exact) mass is 226 g/mol. The Bertz CT molecular complexity index is 324. The van der Waals surface area contributed by atoms with Crippen LogP contribution in [0.1, 0.15) is 31.7 Å². The van der Waals surface area contributed by atoms with Crippen molar-refractivity contribution in [3.8, 4) is 5.75 Å². The first-order chi connectivity index (χ1) is 7.59. The number of unbranched alkanes of at least 4 members (excludes halogenated alkanes) is 1. The van der Waals surface area contributed by atoms with Crippen LogP contribution >= 0.6 is 0 Å². The highest BCUT2D eigenvalue weighted by Crippen LogP contribution is 2.16. The summed E-state index contributed by atoms with van der Waals surface area (Å²) in [6.07, 6.45) is 2.40. The molecule has 1 atom stereocenters. The van der Waals surface area contributed by atoms with Crippen LogP contribution in [0.3, 0.4) is 0 Å². The van der Waals surface area contributed by atoms with Crippen LogP contribution in [0.2, 0.25) is 0 Å². The molecule has 0 saturated carbocycles. The standard InChI is InChI=1S/C13H19FO2/c1-10-9-12(6-7-13(10)14)16-8-4-3-5-11(2)15/h6-7,9,11,15H,3-5,8H2,1-2H3. The van der Waals surface area contributed by atoms with Crippen LogP contribution in [-0.2, 0) is 0 Å². The zero-order valence-corrected chi connectivity index (χ0v) is 9.87. The molecule has 1 unspecified atom stereocenters. The molecule has 0 amide bonds. The minimum atomic E-state index is -0.243. The van der Waals surface area contributed by atoms with E-state index in [1.54, 1.807) is 26.0 Å². The third kappa shape index (κ3) is 4.62. The molecule has 0 radical (unpaired) electrons. The number of hydrogen-bond acceptors (Lipinski definition) is 2. The number of aryl methyl sites for hydroxylation is 1. The number of halogens is 1. The largest absolute Gasteiger partial charge is 0.494 e. The lowest BCUT2D eigenvalue weighted by atomic mass is 10.2. The number of aliphatic hydroxyl groups is 1. The fraction of sp³-hybridized carbons (Fsp3) is 0.538. The summed E-state index contributed by atoms with van der Waals surface area (Å²) in [7, 11) is 0. The van der Waals surface area contributed by atoms with Crippen molar-refractivity contribution in [1.82, 2.24) is 0 Å².